The molecule has 1 aromatic carbocycles. The normalized spacial score (nSPS) is 28.6. The van der Waals surface area contributed by atoms with Gasteiger partial charge in [-0.15, -0.1) is 0 Å². The standard InChI is InChI=1S/C16H21NO2/c1-10-2-5-14(15(18)6-10)17-16(19)9-13-8-11-3-4-12(13)7-11/h2,5-6,11-13,18H,3-4,7-9H2,1H3,(H,17,19)/t11-,12+,13+/m0/s1. The lowest BCUT2D eigenvalue weighted by molar-refractivity contribution is -0.117. The van der Waals surface area contributed by atoms with Crippen LogP contribution in [0.15, 0.2) is 18.2 Å². The minimum Gasteiger partial charge on any atom is -0.506 e. The van der Waals surface area contributed by atoms with Crippen LogP contribution in [0.5, 0.6) is 5.75 Å². The van der Waals surface area contributed by atoms with Crippen LogP contribution in [0.1, 0.15) is 37.7 Å². The van der Waals surface area contributed by atoms with Gasteiger partial charge < -0.3 is 10.4 Å². The van der Waals surface area contributed by atoms with Gasteiger partial charge in [0.2, 0.25) is 5.91 Å². The molecule has 1 amide bonds. The topological polar surface area (TPSA) is 49.3 Å². The monoisotopic (exact) mass is 259 g/mol. The number of phenolic OH excluding ortho intramolecular Hbond substituents is 1. The van der Waals surface area contributed by atoms with Crippen molar-refractivity contribution in [1.29, 1.82) is 0 Å². The first-order valence-electron chi connectivity index (χ1n) is 7.21. The Bertz CT molecular complexity index is 498. The molecule has 0 aliphatic heterocycles. The number of amides is 1. The van der Waals surface area contributed by atoms with Crippen molar-refractivity contribution in [3.8, 4) is 5.75 Å². The van der Waals surface area contributed by atoms with Crippen LogP contribution in [0.2, 0.25) is 0 Å². The Kier molecular flexibility index (Phi) is 3.21. The third-order valence-electron chi connectivity index (χ3n) is 4.76. The number of anilines is 1. The Balaban J connectivity index is 1.59. The van der Waals surface area contributed by atoms with Gasteiger partial charge in [0.15, 0.2) is 0 Å². The summed E-state index contributed by atoms with van der Waals surface area (Å²) in [6.45, 7) is 1.92. The second-order valence-electron chi connectivity index (χ2n) is 6.21. The average molecular weight is 259 g/mol. The van der Waals surface area contributed by atoms with Gasteiger partial charge in [-0.2, -0.15) is 0 Å². The predicted octanol–water partition coefficient (Wildman–Crippen LogP) is 3.47. The maximum Gasteiger partial charge on any atom is 0.224 e. The number of hydrogen-bond donors (Lipinski definition) is 2. The van der Waals surface area contributed by atoms with Crippen molar-refractivity contribution in [1.82, 2.24) is 0 Å². The van der Waals surface area contributed by atoms with Crippen LogP contribution in [0.25, 0.3) is 0 Å². The van der Waals surface area contributed by atoms with Gasteiger partial charge in [-0.1, -0.05) is 12.5 Å². The van der Waals surface area contributed by atoms with E-state index in [0.717, 1.165) is 17.4 Å². The highest BCUT2D eigenvalue weighted by atomic mass is 16.3. The molecule has 3 atom stereocenters. The third kappa shape index (κ3) is 2.60. The molecule has 0 unspecified atom stereocenters. The summed E-state index contributed by atoms with van der Waals surface area (Å²) in [6.07, 6.45) is 5.82. The summed E-state index contributed by atoms with van der Waals surface area (Å²) in [5, 5.41) is 12.6. The van der Waals surface area contributed by atoms with Crippen LogP contribution >= 0.6 is 0 Å². The SMILES string of the molecule is Cc1ccc(NC(=O)C[C@H]2C[C@H]3CC[C@@H]2C3)c(O)c1. The van der Waals surface area contributed by atoms with Crippen molar-refractivity contribution < 1.29 is 9.90 Å². The molecule has 2 N–H and O–H groups in total. The first kappa shape index (κ1) is 12.5. The number of aromatic hydroxyl groups is 1. The van der Waals surface area contributed by atoms with Crippen LogP contribution in [0.4, 0.5) is 5.69 Å². The predicted molar refractivity (Wildman–Crippen MR) is 75.0 cm³/mol. The van der Waals surface area contributed by atoms with Crippen molar-refractivity contribution in [3.05, 3.63) is 23.8 Å². The maximum absolute atomic E-state index is 12.1. The fourth-order valence-electron chi connectivity index (χ4n) is 3.81. The van der Waals surface area contributed by atoms with E-state index in [1.165, 1.54) is 25.7 Å². The summed E-state index contributed by atoms with van der Waals surface area (Å²) < 4.78 is 0. The number of carbonyl (C=O) groups excluding carboxylic acids is 1. The molecular weight excluding hydrogens is 238 g/mol. The first-order valence-corrected chi connectivity index (χ1v) is 7.21. The molecule has 102 valence electrons. The van der Waals surface area contributed by atoms with E-state index in [1.807, 2.05) is 13.0 Å². The van der Waals surface area contributed by atoms with E-state index in [2.05, 4.69) is 5.32 Å². The summed E-state index contributed by atoms with van der Waals surface area (Å²) in [5.41, 5.74) is 1.52. The van der Waals surface area contributed by atoms with Crippen molar-refractivity contribution in [2.24, 2.45) is 17.8 Å². The Labute approximate surface area is 114 Å². The largest absolute Gasteiger partial charge is 0.506 e. The van der Waals surface area contributed by atoms with Crippen LogP contribution in [-0.4, -0.2) is 11.0 Å². The molecule has 0 aromatic heterocycles. The quantitative estimate of drug-likeness (QED) is 0.817. The average Bonchev–Trinajstić information content (AvgIpc) is 2.95. The van der Waals surface area contributed by atoms with Gasteiger partial charge in [-0.05, 0) is 61.6 Å². The van der Waals surface area contributed by atoms with Crippen LogP contribution < -0.4 is 5.32 Å². The molecule has 0 radical (unpaired) electrons. The summed E-state index contributed by atoms with van der Waals surface area (Å²) in [5.74, 6) is 2.39. The van der Waals surface area contributed by atoms with Gasteiger partial charge in [0.05, 0.1) is 5.69 Å². The highest BCUT2D eigenvalue weighted by molar-refractivity contribution is 5.92. The second kappa shape index (κ2) is 4.87. The molecule has 3 rings (SSSR count). The molecule has 2 aliphatic rings. The number of phenols is 1. The second-order valence-corrected chi connectivity index (χ2v) is 6.21. The number of benzene rings is 1. The molecule has 3 nitrogen and oxygen atoms in total. The molecule has 0 saturated heterocycles. The number of rotatable bonds is 3. The zero-order valence-corrected chi connectivity index (χ0v) is 11.4. The summed E-state index contributed by atoms with van der Waals surface area (Å²) in [4.78, 5) is 12.1. The van der Waals surface area contributed by atoms with E-state index < -0.39 is 0 Å². The summed E-state index contributed by atoms with van der Waals surface area (Å²) in [6, 6.07) is 5.34. The summed E-state index contributed by atoms with van der Waals surface area (Å²) in [7, 11) is 0. The van der Waals surface area contributed by atoms with Crippen LogP contribution in [-0.2, 0) is 4.79 Å². The van der Waals surface area contributed by atoms with Gasteiger partial charge in [0, 0.05) is 6.42 Å². The zero-order chi connectivity index (χ0) is 13.4. The number of carbonyl (C=O) groups is 1. The highest BCUT2D eigenvalue weighted by Crippen LogP contribution is 2.49. The Morgan fingerprint density at radius 1 is 1.37 bits per heavy atom. The van der Waals surface area contributed by atoms with Gasteiger partial charge in [0.1, 0.15) is 5.75 Å². The zero-order valence-electron chi connectivity index (χ0n) is 11.4. The molecule has 0 heterocycles. The smallest absolute Gasteiger partial charge is 0.224 e. The molecular formula is C16H21NO2. The Hall–Kier alpha value is -1.51. The molecule has 19 heavy (non-hydrogen) atoms. The van der Waals surface area contributed by atoms with E-state index in [-0.39, 0.29) is 11.7 Å². The van der Waals surface area contributed by atoms with Gasteiger partial charge in [-0.25, -0.2) is 0 Å². The van der Waals surface area contributed by atoms with Gasteiger partial charge in [0.25, 0.3) is 0 Å². The van der Waals surface area contributed by atoms with Crippen LogP contribution in [0.3, 0.4) is 0 Å². The minimum absolute atomic E-state index is 0.0386. The Morgan fingerprint density at radius 2 is 2.21 bits per heavy atom. The van der Waals surface area contributed by atoms with E-state index in [1.54, 1.807) is 12.1 Å². The van der Waals surface area contributed by atoms with Crippen molar-refractivity contribution in [2.75, 3.05) is 5.32 Å². The highest BCUT2D eigenvalue weighted by Gasteiger charge is 2.40. The lowest BCUT2D eigenvalue weighted by Gasteiger charge is -2.21. The van der Waals surface area contributed by atoms with Crippen molar-refractivity contribution in [2.45, 2.75) is 39.0 Å². The van der Waals surface area contributed by atoms with E-state index in [4.69, 9.17) is 0 Å². The first-order chi connectivity index (χ1) is 9.11. The third-order valence-corrected chi connectivity index (χ3v) is 4.76. The molecule has 1 aromatic rings. The molecule has 2 fully saturated rings. The minimum atomic E-state index is 0.0386. The lowest BCUT2D eigenvalue weighted by atomic mass is 9.86. The lowest BCUT2D eigenvalue weighted by Crippen LogP contribution is -2.20. The van der Waals surface area contributed by atoms with Crippen molar-refractivity contribution in [3.63, 3.8) is 0 Å². The van der Waals surface area contributed by atoms with Crippen LogP contribution in [0, 0.1) is 24.7 Å². The fraction of sp³-hybridized carbons (Fsp3) is 0.562. The number of fused-ring (bicyclic) bond motifs is 2. The van der Waals surface area contributed by atoms with E-state index >= 15 is 0 Å². The molecule has 2 aliphatic carbocycles. The van der Waals surface area contributed by atoms with Gasteiger partial charge in [-0.3, -0.25) is 4.79 Å². The maximum atomic E-state index is 12.1. The molecule has 0 spiro atoms. The van der Waals surface area contributed by atoms with E-state index in [9.17, 15) is 9.90 Å². The number of aryl methyl sites for hydroxylation is 1. The van der Waals surface area contributed by atoms with Crippen molar-refractivity contribution >= 4 is 11.6 Å². The van der Waals surface area contributed by atoms with E-state index in [0.29, 0.717) is 18.0 Å². The Morgan fingerprint density at radius 3 is 2.84 bits per heavy atom. The number of nitrogens with one attached hydrogen (secondary N) is 1. The number of hydrogen-bond acceptors (Lipinski definition) is 2. The summed E-state index contributed by atoms with van der Waals surface area (Å²) >= 11 is 0. The molecule has 2 bridgehead atoms. The molecule has 2 saturated carbocycles. The molecule has 3 heteroatoms. The fourth-order valence-corrected chi connectivity index (χ4v) is 3.81. The van der Waals surface area contributed by atoms with Gasteiger partial charge >= 0.3 is 0 Å².